The summed E-state index contributed by atoms with van der Waals surface area (Å²) in [4.78, 5) is 24.1. The molecule has 0 amide bonds. The van der Waals surface area contributed by atoms with E-state index in [9.17, 15) is 18.0 Å². The molecule has 8 nitrogen and oxygen atoms in total. The zero-order valence-corrected chi connectivity index (χ0v) is 19.2. The first-order valence-corrected chi connectivity index (χ1v) is 11.7. The van der Waals surface area contributed by atoms with Gasteiger partial charge in [0.25, 0.3) is 0 Å². The molecule has 1 fully saturated rings. The summed E-state index contributed by atoms with van der Waals surface area (Å²) in [6, 6.07) is 10.7. The average Bonchev–Trinajstić information content (AvgIpc) is 3.09. The maximum atomic E-state index is 13.8. The number of hydrogen-bond acceptors (Lipinski definition) is 7. The molecule has 2 aromatic carbocycles. The molecule has 0 bridgehead atoms. The number of sulfonamides is 1. The first kappa shape index (κ1) is 23.7. The first-order valence-electron chi connectivity index (χ1n) is 10.3. The summed E-state index contributed by atoms with van der Waals surface area (Å²) in [7, 11) is -0.0857. The van der Waals surface area contributed by atoms with E-state index in [1.165, 1.54) is 36.7 Å². The minimum absolute atomic E-state index is 0.0372. The zero-order valence-electron chi connectivity index (χ0n) is 18.4. The van der Waals surface area contributed by atoms with Gasteiger partial charge < -0.3 is 14.2 Å². The topological polar surface area (TPSA) is 99.2 Å². The molecule has 3 rings (SSSR count). The summed E-state index contributed by atoms with van der Waals surface area (Å²) < 4.78 is 43.7. The van der Waals surface area contributed by atoms with Crippen LogP contribution < -0.4 is 4.74 Å². The largest absolute Gasteiger partial charge is 0.497 e. The molecular weight excluding hydrogens is 434 g/mol. The molecule has 0 aromatic heterocycles. The van der Waals surface area contributed by atoms with Gasteiger partial charge in [0.1, 0.15) is 5.75 Å². The van der Waals surface area contributed by atoms with Gasteiger partial charge in [0.15, 0.2) is 0 Å². The maximum Gasteiger partial charge on any atom is 0.337 e. The van der Waals surface area contributed by atoms with Crippen LogP contribution in [0.1, 0.15) is 58.0 Å². The number of nitrogens with zero attached hydrogens (tertiary/aromatic N) is 1. The molecule has 32 heavy (non-hydrogen) atoms. The van der Waals surface area contributed by atoms with E-state index in [0.29, 0.717) is 25.1 Å². The number of hydrogen-bond donors (Lipinski definition) is 0. The molecule has 1 saturated heterocycles. The number of rotatable bonds is 6. The van der Waals surface area contributed by atoms with E-state index >= 15 is 0 Å². The smallest absolute Gasteiger partial charge is 0.337 e. The van der Waals surface area contributed by atoms with Crippen LogP contribution in [-0.2, 0) is 19.5 Å². The van der Waals surface area contributed by atoms with Crippen LogP contribution in [0, 0.1) is 0 Å². The van der Waals surface area contributed by atoms with Crippen molar-refractivity contribution < 1.29 is 32.2 Å². The Hall–Kier alpha value is -2.91. The van der Waals surface area contributed by atoms with Crippen LogP contribution in [0.15, 0.2) is 47.4 Å². The van der Waals surface area contributed by atoms with Crippen LogP contribution >= 0.6 is 0 Å². The number of benzene rings is 2. The van der Waals surface area contributed by atoms with Crippen molar-refractivity contribution in [3.63, 3.8) is 0 Å². The minimum Gasteiger partial charge on any atom is -0.497 e. The number of carbonyl (C=O) groups excluding carboxylic acids is 2. The first-order chi connectivity index (χ1) is 15.3. The lowest BCUT2D eigenvalue weighted by molar-refractivity contribution is 0.0598. The molecule has 1 heterocycles. The third-order valence-electron chi connectivity index (χ3n) is 5.56. The highest BCUT2D eigenvalue weighted by Crippen LogP contribution is 2.35. The fourth-order valence-electron chi connectivity index (χ4n) is 3.88. The number of esters is 2. The second-order valence-corrected chi connectivity index (χ2v) is 9.37. The minimum atomic E-state index is -4.04. The Kier molecular flexibility index (Phi) is 7.52. The average molecular weight is 462 g/mol. The molecular formula is C23H27NO7S. The Labute approximate surface area is 188 Å². The van der Waals surface area contributed by atoms with Crippen molar-refractivity contribution >= 4 is 22.0 Å². The van der Waals surface area contributed by atoms with Gasteiger partial charge in [-0.2, -0.15) is 4.31 Å². The summed E-state index contributed by atoms with van der Waals surface area (Å²) >= 11 is 0. The molecule has 9 heteroatoms. The van der Waals surface area contributed by atoms with Gasteiger partial charge in [-0.25, -0.2) is 18.0 Å². The van der Waals surface area contributed by atoms with E-state index in [0.717, 1.165) is 18.4 Å². The molecule has 1 atom stereocenters. The van der Waals surface area contributed by atoms with Crippen molar-refractivity contribution in [3.8, 4) is 5.75 Å². The van der Waals surface area contributed by atoms with Crippen molar-refractivity contribution in [1.29, 1.82) is 0 Å². The zero-order chi connectivity index (χ0) is 23.3. The Balaban J connectivity index is 2.10. The van der Waals surface area contributed by atoms with Crippen LogP contribution in [-0.4, -0.2) is 52.5 Å². The number of methoxy groups -OCH3 is 3. The molecule has 0 saturated carbocycles. The van der Waals surface area contributed by atoms with Crippen molar-refractivity contribution in [2.75, 3.05) is 27.9 Å². The molecule has 0 spiro atoms. The monoisotopic (exact) mass is 461 g/mol. The maximum absolute atomic E-state index is 13.8. The van der Waals surface area contributed by atoms with Crippen molar-refractivity contribution in [2.24, 2.45) is 0 Å². The second-order valence-electron chi connectivity index (χ2n) is 7.48. The predicted molar refractivity (Wildman–Crippen MR) is 117 cm³/mol. The van der Waals surface area contributed by atoms with Gasteiger partial charge in [0, 0.05) is 6.54 Å². The fourth-order valence-corrected chi connectivity index (χ4v) is 5.64. The van der Waals surface area contributed by atoms with Crippen LogP contribution in [0.5, 0.6) is 5.75 Å². The summed E-state index contributed by atoms with van der Waals surface area (Å²) in [5.74, 6) is -0.796. The summed E-state index contributed by atoms with van der Waals surface area (Å²) in [6.45, 7) is 0.328. The predicted octanol–water partition coefficient (Wildman–Crippen LogP) is 3.57. The molecule has 1 aliphatic heterocycles. The molecule has 0 radical (unpaired) electrons. The van der Waals surface area contributed by atoms with Crippen LogP contribution in [0.2, 0.25) is 0 Å². The van der Waals surface area contributed by atoms with E-state index in [-0.39, 0.29) is 22.1 Å². The van der Waals surface area contributed by atoms with Crippen molar-refractivity contribution in [2.45, 2.75) is 36.6 Å². The normalized spacial score (nSPS) is 17.3. The highest BCUT2D eigenvalue weighted by molar-refractivity contribution is 7.89. The molecule has 1 unspecified atom stereocenters. The standard InChI is InChI=1S/C23H27NO7S/c1-29-19-10-8-16(9-11-19)21-7-5-4-6-12-24(21)32(27,28)20-14-17(22(25)30-2)13-18(15-20)23(26)31-3/h8-11,13-15,21H,4-7,12H2,1-3H3. The van der Waals surface area contributed by atoms with Gasteiger partial charge in [-0.05, 0) is 48.7 Å². The van der Waals surface area contributed by atoms with E-state index in [1.54, 1.807) is 19.2 Å². The molecule has 2 aromatic rings. The number of ether oxygens (including phenoxy) is 3. The fraction of sp³-hybridized carbons (Fsp3) is 0.391. The quantitative estimate of drug-likeness (QED) is 0.606. The van der Waals surface area contributed by atoms with Crippen LogP contribution in [0.3, 0.4) is 0 Å². The molecule has 1 aliphatic rings. The lowest BCUT2D eigenvalue weighted by Gasteiger charge is -2.30. The summed E-state index contributed by atoms with van der Waals surface area (Å²) in [5.41, 5.74) is 0.781. The third kappa shape index (κ3) is 4.94. The van der Waals surface area contributed by atoms with E-state index in [2.05, 4.69) is 0 Å². The van der Waals surface area contributed by atoms with Crippen molar-refractivity contribution in [1.82, 2.24) is 4.31 Å². The van der Waals surface area contributed by atoms with E-state index < -0.39 is 22.0 Å². The Morgan fingerprint density at radius 3 is 2.00 bits per heavy atom. The molecule has 172 valence electrons. The van der Waals surface area contributed by atoms with Crippen molar-refractivity contribution in [3.05, 3.63) is 59.2 Å². The summed E-state index contributed by atoms with van der Waals surface area (Å²) in [6.07, 6.45) is 3.17. The second kappa shape index (κ2) is 10.1. The third-order valence-corrected chi connectivity index (χ3v) is 7.45. The Bertz CT molecular complexity index is 1050. The Morgan fingerprint density at radius 2 is 1.47 bits per heavy atom. The molecule has 0 N–H and O–H groups in total. The number of carbonyl (C=O) groups is 2. The van der Waals surface area contributed by atoms with Gasteiger partial charge in [-0.1, -0.05) is 25.0 Å². The van der Waals surface area contributed by atoms with E-state index in [4.69, 9.17) is 14.2 Å². The lowest BCUT2D eigenvalue weighted by Crippen LogP contribution is -2.35. The highest BCUT2D eigenvalue weighted by atomic mass is 32.2. The SMILES string of the molecule is COC(=O)c1cc(C(=O)OC)cc(S(=O)(=O)N2CCCCCC2c2ccc(OC)cc2)c1. The molecule has 0 aliphatic carbocycles. The van der Waals surface area contributed by atoms with Crippen LogP contribution in [0.4, 0.5) is 0 Å². The van der Waals surface area contributed by atoms with Gasteiger partial charge in [0.2, 0.25) is 10.0 Å². The van der Waals surface area contributed by atoms with E-state index in [1.807, 2.05) is 12.1 Å². The van der Waals surface area contributed by atoms with Gasteiger partial charge in [-0.3, -0.25) is 0 Å². The van der Waals surface area contributed by atoms with Crippen LogP contribution in [0.25, 0.3) is 0 Å². The Morgan fingerprint density at radius 1 is 0.875 bits per heavy atom. The summed E-state index contributed by atoms with van der Waals surface area (Å²) in [5, 5.41) is 0. The lowest BCUT2D eigenvalue weighted by atomic mass is 10.0. The van der Waals surface area contributed by atoms with Gasteiger partial charge >= 0.3 is 11.9 Å². The van der Waals surface area contributed by atoms with Gasteiger partial charge in [-0.15, -0.1) is 0 Å². The highest BCUT2D eigenvalue weighted by Gasteiger charge is 2.34. The van der Waals surface area contributed by atoms with Gasteiger partial charge in [0.05, 0.1) is 43.4 Å².